The zero-order valence-electron chi connectivity index (χ0n) is 11.8. The van der Waals surface area contributed by atoms with Crippen LogP contribution >= 0.6 is 0 Å². The molecule has 0 radical (unpaired) electrons. The largest absolute Gasteiger partial charge is 0.476 e. The van der Waals surface area contributed by atoms with Gasteiger partial charge in [-0.1, -0.05) is 18.2 Å². The van der Waals surface area contributed by atoms with Crippen LogP contribution in [0.1, 0.15) is 22.5 Å². The number of carboxylic acids is 1. The van der Waals surface area contributed by atoms with Crippen LogP contribution in [0.3, 0.4) is 0 Å². The van der Waals surface area contributed by atoms with E-state index in [-0.39, 0.29) is 11.6 Å². The zero-order chi connectivity index (χ0) is 15.1. The summed E-state index contributed by atoms with van der Waals surface area (Å²) < 4.78 is 1.53. The van der Waals surface area contributed by atoms with Crippen LogP contribution in [0.25, 0.3) is 11.3 Å². The fourth-order valence-corrected chi connectivity index (χ4v) is 2.75. The molecule has 0 fully saturated rings. The van der Waals surface area contributed by atoms with Crippen molar-refractivity contribution in [3.8, 4) is 11.3 Å². The normalized spacial score (nSPS) is 14.2. The molecule has 1 aromatic carbocycles. The number of aryl methyl sites for hydroxylation is 2. The molecule has 0 atom stereocenters. The smallest absolute Gasteiger partial charge is 0.356 e. The maximum Gasteiger partial charge on any atom is 0.356 e. The minimum atomic E-state index is -1.06. The summed E-state index contributed by atoms with van der Waals surface area (Å²) in [6.45, 7) is 0. The lowest BCUT2D eigenvalue weighted by Gasteiger charge is -2.28. The van der Waals surface area contributed by atoms with Gasteiger partial charge in [0.2, 0.25) is 5.91 Å². The highest BCUT2D eigenvalue weighted by molar-refractivity contribution is 6.00. The summed E-state index contributed by atoms with van der Waals surface area (Å²) in [5, 5.41) is 13.1. The van der Waals surface area contributed by atoms with Gasteiger partial charge in [0.05, 0.1) is 11.4 Å². The second kappa shape index (κ2) is 4.73. The lowest BCUT2D eigenvalue weighted by atomic mass is 9.96. The molecular formula is C15H15N3O3. The molecule has 21 heavy (non-hydrogen) atoms. The van der Waals surface area contributed by atoms with Crippen LogP contribution in [0.4, 0.5) is 5.69 Å². The maximum atomic E-state index is 11.9. The summed E-state index contributed by atoms with van der Waals surface area (Å²) in [5.74, 6) is -0.998. The predicted molar refractivity (Wildman–Crippen MR) is 77.3 cm³/mol. The molecule has 108 valence electrons. The highest BCUT2D eigenvalue weighted by Crippen LogP contribution is 2.37. The quantitative estimate of drug-likeness (QED) is 0.911. The van der Waals surface area contributed by atoms with E-state index in [0.717, 1.165) is 16.8 Å². The molecule has 1 N–H and O–H groups in total. The van der Waals surface area contributed by atoms with Crippen LogP contribution < -0.4 is 4.90 Å². The van der Waals surface area contributed by atoms with E-state index in [2.05, 4.69) is 5.10 Å². The third kappa shape index (κ3) is 2.08. The molecule has 0 aliphatic carbocycles. The summed E-state index contributed by atoms with van der Waals surface area (Å²) in [4.78, 5) is 24.7. The molecule has 0 bridgehead atoms. The first kappa shape index (κ1) is 13.4. The monoisotopic (exact) mass is 285 g/mol. The van der Waals surface area contributed by atoms with Crippen molar-refractivity contribution in [2.45, 2.75) is 12.8 Å². The van der Waals surface area contributed by atoms with Gasteiger partial charge in [0.25, 0.3) is 0 Å². The highest BCUT2D eigenvalue weighted by atomic mass is 16.4. The number of anilines is 1. The fraction of sp³-hybridized carbons (Fsp3) is 0.267. The summed E-state index contributed by atoms with van der Waals surface area (Å²) in [6.07, 6.45) is 1.20. The Balaban J connectivity index is 2.20. The van der Waals surface area contributed by atoms with Crippen molar-refractivity contribution in [1.29, 1.82) is 0 Å². The summed E-state index contributed by atoms with van der Waals surface area (Å²) >= 11 is 0. The fourth-order valence-electron chi connectivity index (χ4n) is 2.75. The Hall–Kier alpha value is -2.63. The van der Waals surface area contributed by atoms with Gasteiger partial charge in [0.1, 0.15) is 0 Å². The summed E-state index contributed by atoms with van der Waals surface area (Å²) in [5.41, 5.74) is 3.44. The predicted octanol–water partition coefficient (Wildman–Crippen LogP) is 1.69. The van der Waals surface area contributed by atoms with E-state index in [1.54, 1.807) is 19.0 Å². The molecule has 1 aliphatic rings. The van der Waals surface area contributed by atoms with E-state index in [1.807, 2.05) is 18.2 Å². The average Bonchev–Trinajstić information content (AvgIpc) is 2.84. The van der Waals surface area contributed by atoms with Crippen molar-refractivity contribution in [2.75, 3.05) is 11.9 Å². The van der Waals surface area contributed by atoms with Crippen molar-refractivity contribution in [3.05, 3.63) is 35.5 Å². The van der Waals surface area contributed by atoms with E-state index < -0.39 is 5.97 Å². The van der Waals surface area contributed by atoms with Crippen LogP contribution in [-0.4, -0.2) is 33.8 Å². The lowest BCUT2D eigenvalue weighted by Crippen LogP contribution is -2.31. The van der Waals surface area contributed by atoms with Crippen LogP contribution in [0.15, 0.2) is 24.3 Å². The minimum absolute atomic E-state index is 0.00473. The van der Waals surface area contributed by atoms with Gasteiger partial charge in [0.15, 0.2) is 5.69 Å². The van der Waals surface area contributed by atoms with Gasteiger partial charge in [-0.05, 0) is 18.1 Å². The molecule has 0 saturated carbocycles. The molecule has 0 saturated heterocycles. The molecule has 1 amide bonds. The van der Waals surface area contributed by atoms with Crippen LogP contribution in [0, 0.1) is 0 Å². The minimum Gasteiger partial charge on any atom is -0.476 e. The van der Waals surface area contributed by atoms with Crippen molar-refractivity contribution in [1.82, 2.24) is 9.78 Å². The van der Waals surface area contributed by atoms with E-state index in [9.17, 15) is 9.59 Å². The molecule has 0 unspecified atom stereocenters. The third-order valence-electron chi connectivity index (χ3n) is 3.81. The first-order chi connectivity index (χ1) is 9.99. The van der Waals surface area contributed by atoms with Gasteiger partial charge in [0, 0.05) is 26.1 Å². The van der Waals surface area contributed by atoms with Crippen molar-refractivity contribution in [3.63, 3.8) is 0 Å². The van der Waals surface area contributed by atoms with Gasteiger partial charge in [-0.15, -0.1) is 0 Å². The zero-order valence-corrected chi connectivity index (χ0v) is 11.8. The Kier molecular flexibility index (Phi) is 3.01. The average molecular weight is 285 g/mol. The van der Waals surface area contributed by atoms with Crippen LogP contribution in [-0.2, 0) is 18.3 Å². The van der Waals surface area contributed by atoms with Gasteiger partial charge in [-0.2, -0.15) is 5.10 Å². The molecule has 1 aromatic heterocycles. The number of para-hydroxylation sites is 1. The Morgan fingerprint density at radius 3 is 2.71 bits per heavy atom. The summed E-state index contributed by atoms with van der Waals surface area (Å²) in [7, 11) is 3.45. The number of carbonyl (C=O) groups is 2. The number of aromatic nitrogens is 2. The SMILES string of the molecule is CN1C(=O)CCc2cccc(-c3cc(C(=O)O)nn3C)c21. The molecule has 3 rings (SSSR count). The lowest BCUT2D eigenvalue weighted by molar-refractivity contribution is -0.118. The van der Waals surface area contributed by atoms with E-state index in [0.29, 0.717) is 18.5 Å². The Bertz CT molecular complexity index is 749. The number of fused-ring (bicyclic) bond motifs is 1. The standard InChI is InChI=1S/C15H15N3O3/c1-17-13(19)7-6-9-4-3-5-10(14(9)17)12-8-11(15(20)21)16-18(12)2/h3-5,8H,6-7H2,1-2H3,(H,20,21). The topological polar surface area (TPSA) is 75.4 Å². The number of nitrogens with zero attached hydrogens (tertiary/aromatic N) is 3. The van der Waals surface area contributed by atoms with Gasteiger partial charge in [-0.25, -0.2) is 4.79 Å². The highest BCUT2D eigenvalue weighted by Gasteiger charge is 2.25. The van der Waals surface area contributed by atoms with Crippen LogP contribution in [0.2, 0.25) is 0 Å². The number of hydrogen-bond acceptors (Lipinski definition) is 3. The second-order valence-corrected chi connectivity index (χ2v) is 5.11. The second-order valence-electron chi connectivity index (χ2n) is 5.11. The van der Waals surface area contributed by atoms with Crippen LogP contribution in [0.5, 0.6) is 0 Å². The number of benzene rings is 1. The number of amides is 1. The van der Waals surface area contributed by atoms with Crippen molar-refractivity contribution < 1.29 is 14.7 Å². The molecule has 1 aliphatic heterocycles. The molecule has 0 spiro atoms. The molecule has 2 aromatic rings. The number of hydrogen-bond donors (Lipinski definition) is 1. The Morgan fingerprint density at radius 2 is 2.05 bits per heavy atom. The third-order valence-corrected chi connectivity index (χ3v) is 3.81. The first-order valence-corrected chi connectivity index (χ1v) is 6.65. The maximum absolute atomic E-state index is 11.9. The first-order valence-electron chi connectivity index (χ1n) is 6.65. The van der Waals surface area contributed by atoms with E-state index >= 15 is 0 Å². The number of rotatable bonds is 2. The van der Waals surface area contributed by atoms with Gasteiger partial charge in [-0.3, -0.25) is 9.48 Å². The molecule has 2 heterocycles. The molecular weight excluding hydrogens is 270 g/mol. The number of aromatic carboxylic acids is 1. The molecule has 6 heteroatoms. The number of carbonyl (C=O) groups excluding carboxylic acids is 1. The van der Waals surface area contributed by atoms with E-state index in [4.69, 9.17) is 5.11 Å². The molecule has 6 nitrogen and oxygen atoms in total. The van der Waals surface area contributed by atoms with Crippen molar-refractivity contribution in [2.24, 2.45) is 7.05 Å². The number of carboxylic acid groups (broad SMARTS) is 1. The summed E-state index contributed by atoms with van der Waals surface area (Å²) in [6, 6.07) is 7.34. The Morgan fingerprint density at radius 1 is 1.29 bits per heavy atom. The van der Waals surface area contributed by atoms with E-state index in [1.165, 1.54) is 10.7 Å². The van der Waals surface area contributed by atoms with Gasteiger partial charge >= 0.3 is 5.97 Å². The Labute approximate surface area is 121 Å². The van der Waals surface area contributed by atoms with Crippen molar-refractivity contribution >= 4 is 17.6 Å². The van der Waals surface area contributed by atoms with Gasteiger partial charge < -0.3 is 10.0 Å².